The summed E-state index contributed by atoms with van der Waals surface area (Å²) < 4.78 is 23.4. The van der Waals surface area contributed by atoms with Crippen molar-refractivity contribution >= 4 is 39.8 Å². The number of benzene rings is 1. The zero-order valence-corrected chi connectivity index (χ0v) is 18.4. The van der Waals surface area contributed by atoms with Crippen molar-refractivity contribution in [2.45, 2.75) is 45.4 Å². The molecule has 2 N–H and O–H groups in total. The van der Waals surface area contributed by atoms with Gasteiger partial charge < -0.3 is 10.6 Å². The molecule has 1 aromatic rings. The minimum Gasteiger partial charge on any atom is -0.355 e. The molecule has 0 aliphatic carbocycles. The van der Waals surface area contributed by atoms with Crippen LogP contribution in [0.4, 0.5) is 0 Å². The standard InChI is InChI=1S/C17H29N3O2S.HI/c1-6-14-9-7-8-10-15(14)13-20-16(18-5)19-11-12-23(21,22)17(2,3)4;/h7-10H,6,11-13H2,1-5H3,(H2,18,19,20);1H. The van der Waals surface area contributed by atoms with Crippen LogP contribution in [0.1, 0.15) is 38.8 Å². The molecule has 138 valence electrons. The molecule has 0 aliphatic rings. The van der Waals surface area contributed by atoms with E-state index >= 15 is 0 Å². The summed E-state index contributed by atoms with van der Waals surface area (Å²) in [5, 5.41) is 6.29. The maximum atomic E-state index is 12.1. The maximum absolute atomic E-state index is 12.1. The number of guanidine groups is 1. The first-order chi connectivity index (χ1) is 10.7. The average Bonchev–Trinajstić information content (AvgIpc) is 2.49. The van der Waals surface area contributed by atoms with Crippen molar-refractivity contribution in [3.8, 4) is 0 Å². The summed E-state index contributed by atoms with van der Waals surface area (Å²) in [6.45, 7) is 8.29. The van der Waals surface area contributed by atoms with E-state index in [1.165, 1.54) is 11.1 Å². The highest BCUT2D eigenvalue weighted by Crippen LogP contribution is 2.15. The quantitative estimate of drug-likeness (QED) is 0.384. The number of sulfone groups is 1. The Morgan fingerprint density at radius 2 is 1.71 bits per heavy atom. The SMILES string of the molecule is CCc1ccccc1CNC(=NC)NCCS(=O)(=O)C(C)(C)C.I. The van der Waals surface area contributed by atoms with E-state index in [0.29, 0.717) is 19.0 Å². The molecule has 0 heterocycles. The highest BCUT2D eigenvalue weighted by molar-refractivity contribution is 14.0. The minimum atomic E-state index is -3.12. The zero-order chi connectivity index (χ0) is 17.5. The third kappa shape index (κ3) is 6.96. The molecular formula is C17H30IN3O2S. The Hall–Kier alpha value is -0.830. The molecule has 5 nitrogen and oxygen atoms in total. The van der Waals surface area contributed by atoms with E-state index in [1.54, 1.807) is 27.8 Å². The monoisotopic (exact) mass is 467 g/mol. The van der Waals surface area contributed by atoms with Crippen molar-refractivity contribution in [2.75, 3.05) is 19.3 Å². The van der Waals surface area contributed by atoms with Crippen molar-refractivity contribution in [1.82, 2.24) is 10.6 Å². The smallest absolute Gasteiger partial charge is 0.191 e. The molecule has 0 aromatic heterocycles. The number of aliphatic imine (C=N–C) groups is 1. The Balaban J connectivity index is 0.00000529. The number of hydrogen-bond donors (Lipinski definition) is 2. The van der Waals surface area contributed by atoms with Gasteiger partial charge in [-0.1, -0.05) is 31.2 Å². The summed E-state index contributed by atoms with van der Waals surface area (Å²) in [5.74, 6) is 0.697. The second kappa shape index (κ2) is 10.2. The fraction of sp³-hybridized carbons (Fsp3) is 0.588. The van der Waals surface area contributed by atoms with Crippen molar-refractivity contribution in [3.63, 3.8) is 0 Å². The molecule has 0 radical (unpaired) electrons. The number of aryl methyl sites for hydroxylation is 1. The predicted octanol–water partition coefficient (Wildman–Crippen LogP) is 2.75. The zero-order valence-electron chi connectivity index (χ0n) is 15.2. The highest BCUT2D eigenvalue weighted by atomic mass is 127. The van der Waals surface area contributed by atoms with Crippen LogP contribution in [0.15, 0.2) is 29.3 Å². The Labute approximate surface area is 163 Å². The van der Waals surface area contributed by atoms with E-state index < -0.39 is 14.6 Å². The lowest BCUT2D eigenvalue weighted by Crippen LogP contribution is -2.41. The number of nitrogens with zero attached hydrogens (tertiary/aromatic N) is 1. The fourth-order valence-electron chi connectivity index (χ4n) is 2.08. The lowest BCUT2D eigenvalue weighted by Gasteiger charge is -2.20. The van der Waals surface area contributed by atoms with E-state index in [1.807, 2.05) is 12.1 Å². The van der Waals surface area contributed by atoms with Gasteiger partial charge >= 0.3 is 0 Å². The Bertz CT molecular complexity index is 637. The first kappa shape index (κ1) is 23.2. The van der Waals surface area contributed by atoms with Crippen molar-refractivity contribution < 1.29 is 8.42 Å². The van der Waals surface area contributed by atoms with Crippen molar-refractivity contribution in [2.24, 2.45) is 4.99 Å². The van der Waals surface area contributed by atoms with E-state index in [0.717, 1.165) is 6.42 Å². The maximum Gasteiger partial charge on any atom is 0.191 e. The molecule has 0 saturated heterocycles. The summed E-state index contributed by atoms with van der Waals surface area (Å²) >= 11 is 0. The lowest BCUT2D eigenvalue weighted by atomic mass is 10.1. The van der Waals surface area contributed by atoms with Crippen molar-refractivity contribution in [1.29, 1.82) is 0 Å². The van der Waals surface area contributed by atoms with Crippen LogP contribution in [0.5, 0.6) is 0 Å². The van der Waals surface area contributed by atoms with E-state index in [4.69, 9.17) is 0 Å². The van der Waals surface area contributed by atoms with Gasteiger partial charge in [-0.2, -0.15) is 0 Å². The number of hydrogen-bond acceptors (Lipinski definition) is 3. The van der Waals surface area contributed by atoms with Gasteiger partial charge in [0.15, 0.2) is 15.8 Å². The molecule has 24 heavy (non-hydrogen) atoms. The van der Waals surface area contributed by atoms with Crippen LogP contribution in [-0.2, 0) is 22.8 Å². The number of halogens is 1. The fourth-order valence-corrected chi connectivity index (χ4v) is 3.07. The third-order valence-electron chi connectivity index (χ3n) is 3.77. The van der Waals surface area contributed by atoms with Crippen LogP contribution >= 0.6 is 24.0 Å². The van der Waals surface area contributed by atoms with Crippen LogP contribution in [0.25, 0.3) is 0 Å². The van der Waals surface area contributed by atoms with Gasteiger partial charge in [0.2, 0.25) is 0 Å². The van der Waals surface area contributed by atoms with Gasteiger partial charge in [-0.25, -0.2) is 8.42 Å². The second-order valence-electron chi connectivity index (χ2n) is 6.41. The predicted molar refractivity (Wildman–Crippen MR) is 113 cm³/mol. The Morgan fingerprint density at radius 1 is 1.12 bits per heavy atom. The van der Waals surface area contributed by atoms with Gasteiger partial charge in [0.25, 0.3) is 0 Å². The van der Waals surface area contributed by atoms with E-state index in [2.05, 4.69) is 34.7 Å². The van der Waals surface area contributed by atoms with Gasteiger partial charge in [-0.05, 0) is 38.3 Å². The number of rotatable bonds is 6. The first-order valence-electron chi connectivity index (χ1n) is 7.95. The summed E-state index contributed by atoms with van der Waals surface area (Å²) in [5.41, 5.74) is 2.52. The van der Waals surface area contributed by atoms with Gasteiger partial charge in [0.1, 0.15) is 0 Å². The van der Waals surface area contributed by atoms with E-state index in [-0.39, 0.29) is 29.7 Å². The third-order valence-corrected chi connectivity index (χ3v) is 6.37. The van der Waals surface area contributed by atoms with Gasteiger partial charge in [-0.15, -0.1) is 24.0 Å². The second-order valence-corrected chi connectivity index (χ2v) is 9.27. The molecule has 7 heteroatoms. The molecule has 0 spiro atoms. The Morgan fingerprint density at radius 3 is 2.21 bits per heavy atom. The molecule has 0 saturated carbocycles. The summed E-state index contributed by atoms with van der Waals surface area (Å²) in [4.78, 5) is 4.14. The van der Waals surface area contributed by atoms with E-state index in [9.17, 15) is 8.42 Å². The molecule has 0 amide bonds. The first-order valence-corrected chi connectivity index (χ1v) is 9.60. The largest absolute Gasteiger partial charge is 0.355 e. The Kier molecular flexibility index (Phi) is 9.87. The van der Waals surface area contributed by atoms with Crippen molar-refractivity contribution in [3.05, 3.63) is 35.4 Å². The van der Waals surface area contributed by atoms with Crippen LogP contribution in [-0.4, -0.2) is 38.5 Å². The van der Waals surface area contributed by atoms with Crippen LogP contribution in [0.2, 0.25) is 0 Å². The average molecular weight is 467 g/mol. The molecule has 0 unspecified atom stereocenters. The van der Waals surface area contributed by atoms with Gasteiger partial charge in [0.05, 0.1) is 10.5 Å². The summed E-state index contributed by atoms with van der Waals surface area (Å²) in [6, 6.07) is 8.25. The topological polar surface area (TPSA) is 70.6 Å². The van der Waals surface area contributed by atoms with Crippen LogP contribution < -0.4 is 10.6 Å². The normalized spacial score (nSPS) is 12.5. The minimum absolute atomic E-state index is 0. The summed E-state index contributed by atoms with van der Waals surface area (Å²) in [7, 11) is -1.44. The van der Waals surface area contributed by atoms with Crippen LogP contribution in [0, 0.1) is 0 Å². The highest BCUT2D eigenvalue weighted by Gasteiger charge is 2.28. The van der Waals surface area contributed by atoms with Gasteiger partial charge in [-0.3, -0.25) is 4.99 Å². The molecular weight excluding hydrogens is 437 g/mol. The lowest BCUT2D eigenvalue weighted by molar-refractivity contribution is 0.559. The number of nitrogens with one attached hydrogen (secondary N) is 2. The molecule has 0 fully saturated rings. The summed E-state index contributed by atoms with van der Waals surface area (Å²) in [6.07, 6.45) is 0.980. The molecule has 0 aliphatic heterocycles. The van der Waals surface area contributed by atoms with Gasteiger partial charge in [0, 0.05) is 20.1 Å². The molecule has 1 rings (SSSR count). The molecule has 1 aromatic carbocycles. The molecule has 0 atom stereocenters. The molecule has 0 bridgehead atoms. The van der Waals surface area contributed by atoms with Crippen LogP contribution in [0.3, 0.4) is 0 Å².